The van der Waals surface area contributed by atoms with Gasteiger partial charge in [0, 0.05) is 19.8 Å². The SMILES string of the molecule is COCCCCC1NCCc2ccccc21. The van der Waals surface area contributed by atoms with Gasteiger partial charge in [0.25, 0.3) is 0 Å². The van der Waals surface area contributed by atoms with Crippen molar-refractivity contribution in [2.45, 2.75) is 31.7 Å². The quantitative estimate of drug-likeness (QED) is 0.769. The summed E-state index contributed by atoms with van der Waals surface area (Å²) >= 11 is 0. The van der Waals surface area contributed by atoms with Crippen LogP contribution in [0.5, 0.6) is 0 Å². The van der Waals surface area contributed by atoms with Gasteiger partial charge >= 0.3 is 0 Å². The largest absolute Gasteiger partial charge is 0.385 e. The Morgan fingerprint density at radius 3 is 3.06 bits per heavy atom. The second kappa shape index (κ2) is 6.02. The van der Waals surface area contributed by atoms with Crippen molar-refractivity contribution in [1.29, 1.82) is 0 Å². The third-order valence-electron chi connectivity index (χ3n) is 3.31. The lowest BCUT2D eigenvalue weighted by Gasteiger charge is -2.26. The Kier molecular flexibility index (Phi) is 4.37. The van der Waals surface area contributed by atoms with E-state index >= 15 is 0 Å². The first-order chi connectivity index (χ1) is 7.92. The van der Waals surface area contributed by atoms with Crippen LogP contribution in [-0.2, 0) is 11.2 Å². The number of nitrogens with one attached hydrogen (secondary N) is 1. The van der Waals surface area contributed by atoms with E-state index in [1.54, 1.807) is 7.11 Å². The van der Waals surface area contributed by atoms with Crippen LogP contribution in [0.15, 0.2) is 24.3 Å². The van der Waals surface area contributed by atoms with Crippen molar-refractivity contribution in [3.8, 4) is 0 Å². The molecule has 88 valence electrons. The molecule has 1 aromatic carbocycles. The first kappa shape index (κ1) is 11.6. The molecule has 0 fully saturated rings. The van der Waals surface area contributed by atoms with Crippen LogP contribution >= 0.6 is 0 Å². The van der Waals surface area contributed by atoms with Gasteiger partial charge in [-0.25, -0.2) is 0 Å². The predicted octanol–water partition coefficient (Wildman–Crippen LogP) is 2.69. The number of hydrogen-bond donors (Lipinski definition) is 1. The van der Waals surface area contributed by atoms with Crippen molar-refractivity contribution < 1.29 is 4.74 Å². The number of rotatable bonds is 5. The van der Waals surface area contributed by atoms with Crippen molar-refractivity contribution in [2.24, 2.45) is 0 Å². The van der Waals surface area contributed by atoms with Crippen molar-refractivity contribution in [2.75, 3.05) is 20.3 Å². The van der Waals surface area contributed by atoms with Crippen LogP contribution in [0.2, 0.25) is 0 Å². The zero-order valence-electron chi connectivity index (χ0n) is 10.0. The highest BCUT2D eigenvalue weighted by atomic mass is 16.5. The molecule has 1 unspecified atom stereocenters. The van der Waals surface area contributed by atoms with Gasteiger partial charge < -0.3 is 10.1 Å². The zero-order chi connectivity index (χ0) is 11.2. The fourth-order valence-corrected chi connectivity index (χ4v) is 2.45. The molecule has 1 aliphatic heterocycles. The first-order valence-corrected chi connectivity index (χ1v) is 6.22. The van der Waals surface area contributed by atoms with Gasteiger partial charge in [-0.05, 0) is 43.4 Å². The van der Waals surface area contributed by atoms with Crippen LogP contribution in [0.4, 0.5) is 0 Å². The van der Waals surface area contributed by atoms with Crippen LogP contribution in [0, 0.1) is 0 Å². The van der Waals surface area contributed by atoms with Gasteiger partial charge in [0.2, 0.25) is 0 Å². The molecular formula is C14H21NO. The molecule has 1 atom stereocenters. The number of hydrogen-bond acceptors (Lipinski definition) is 2. The molecule has 0 spiro atoms. The molecule has 2 heteroatoms. The lowest BCUT2D eigenvalue weighted by atomic mass is 9.91. The molecule has 0 saturated heterocycles. The maximum absolute atomic E-state index is 5.08. The van der Waals surface area contributed by atoms with E-state index in [2.05, 4.69) is 29.6 Å². The van der Waals surface area contributed by atoms with Gasteiger partial charge in [0.05, 0.1) is 0 Å². The summed E-state index contributed by atoms with van der Waals surface area (Å²) in [5, 5.41) is 3.61. The average Bonchev–Trinajstić information content (AvgIpc) is 2.35. The Balaban J connectivity index is 1.91. The van der Waals surface area contributed by atoms with Crippen LogP contribution in [-0.4, -0.2) is 20.3 Å². The topological polar surface area (TPSA) is 21.3 Å². The van der Waals surface area contributed by atoms with Crippen molar-refractivity contribution in [1.82, 2.24) is 5.32 Å². The summed E-state index contributed by atoms with van der Waals surface area (Å²) in [7, 11) is 1.77. The average molecular weight is 219 g/mol. The first-order valence-electron chi connectivity index (χ1n) is 6.22. The van der Waals surface area contributed by atoms with E-state index in [1.807, 2.05) is 0 Å². The van der Waals surface area contributed by atoms with Crippen molar-refractivity contribution in [3.05, 3.63) is 35.4 Å². The van der Waals surface area contributed by atoms with Gasteiger partial charge in [0.1, 0.15) is 0 Å². The van der Waals surface area contributed by atoms with Crippen LogP contribution < -0.4 is 5.32 Å². The van der Waals surface area contributed by atoms with Crippen molar-refractivity contribution in [3.63, 3.8) is 0 Å². The van der Waals surface area contributed by atoms with E-state index in [1.165, 1.54) is 30.4 Å². The highest BCUT2D eigenvalue weighted by Gasteiger charge is 2.17. The highest BCUT2D eigenvalue weighted by Crippen LogP contribution is 2.26. The van der Waals surface area contributed by atoms with E-state index in [9.17, 15) is 0 Å². The number of fused-ring (bicyclic) bond motifs is 1. The van der Waals surface area contributed by atoms with E-state index in [0.717, 1.165) is 19.6 Å². The minimum absolute atomic E-state index is 0.557. The maximum Gasteiger partial charge on any atom is 0.0462 e. The second-order valence-electron chi connectivity index (χ2n) is 4.44. The molecule has 0 aromatic heterocycles. The highest BCUT2D eigenvalue weighted by molar-refractivity contribution is 5.32. The van der Waals surface area contributed by atoms with Crippen molar-refractivity contribution >= 4 is 0 Å². The number of methoxy groups -OCH3 is 1. The lowest BCUT2D eigenvalue weighted by molar-refractivity contribution is 0.190. The molecule has 2 rings (SSSR count). The standard InChI is InChI=1S/C14H21NO/c1-16-11-5-4-8-14-13-7-3-2-6-12(13)9-10-15-14/h2-3,6-7,14-15H,4-5,8-11H2,1H3. The monoisotopic (exact) mass is 219 g/mol. The third kappa shape index (κ3) is 2.83. The van der Waals surface area contributed by atoms with Gasteiger partial charge in [-0.1, -0.05) is 24.3 Å². The minimum atomic E-state index is 0.557. The Morgan fingerprint density at radius 1 is 1.31 bits per heavy atom. The van der Waals surface area contributed by atoms with E-state index in [4.69, 9.17) is 4.74 Å². The fraction of sp³-hybridized carbons (Fsp3) is 0.571. The van der Waals surface area contributed by atoms with Gasteiger partial charge in [0.15, 0.2) is 0 Å². The molecule has 0 saturated carbocycles. The summed E-state index contributed by atoms with van der Waals surface area (Å²) in [6, 6.07) is 9.38. The van der Waals surface area contributed by atoms with Gasteiger partial charge in [-0.2, -0.15) is 0 Å². The smallest absolute Gasteiger partial charge is 0.0462 e. The molecule has 1 aromatic rings. The maximum atomic E-state index is 5.08. The van der Waals surface area contributed by atoms with Crippen LogP contribution in [0.3, 0.4) is 0 Å². The lowest BCUT2D eigenvalue weighted by Crippen LogP contribution is -2.29. The van der Waals surface area contributed by atoms with Gasteiger partial charge in [-0.3, -0.25) is 0 Å². The molecule has 1 heterocycles. The van der Waals surface area contributed by atoms with Crippen LogP contribution in [0.1, 0.15) is 36.4 Å². The normalized spacial score (nSPS) is 19.4. The molecule has 0 amide bonds. The summed E-state index contributed by atoms with van der Waals surface area (Å²) in [6.07, 6.45) is 4.79. The Labute approximate surface area is 98.0 Å². The Morgan fingerprint density at radius 2 is 2.19 bits per heavy atom. The van der Waals surface area contributed by atoms with E-state index in [0.29, 0.717) is 6.04 Å². The fourth-order valence-electron chi connectivity index (χ4n) is 2.45. The molecule has 1 aliphatic rings. The predicted molar refractivity (Wildman–Crippen MR) is 66.6 cm³/mol. The molecule has 0 radical (unpaired) electrons. The molecular weight excluding hydrogens is 198 g/mol. The molecule has 16 heavy (non-hydrogen) atoms. The molecule has 2 nitrogen and oxygen atoms in total. The second-order valence-corrected chi connectivity index (χ2v) is 4.44. The number of benzene rings is 1. The summed E-state index contributed by atoms with van der Waals surface area (Å²) in [5.41, 5.74) is 3.03. The molecule has 0 bridgehead atoms. The number of ether oxygens (including phenoxy) is 1. The minimum Gasteiger partial charge on any atom is -0.385 e. The zero-order valence-corrected chi connectivity index (χ0v) is 10.0. The van der Waals surface area contributed by atoms with E-state index < -0.39 is 0 Å². The summed E-state index contributed by atoms with van der Waals surface area (Å²) < 4.78 is 5.08. The molecule has 1 N–H and O–H groups in total. The molecule has 0 aliphatic carbocycles. The summed E-state index contributed by atoms with van der Waals surface area (Å²) in [6.45, 7) is 2.00. The van der Waals surface area contributed by atoms with E-state index in [-0.39, 0.29) is 0 Å². The van der Waals surface area contributed by atoms with Crippen LogP contribution in [0.25, 0.3) is 0 Å². The number of unbranched alkanes of at least 4 members (excludes halogenated alkanes) is 1. The Hall–Kier alpha value is -0.860. The summed E-state index contributed by atoms with van der Waals surface area (Å²) in [4.78, 5) is 0. The van der Waals surface area contributed by atoms with Gasteiger partial charge in [-0.15, -0.1) is 0 Å². The summed E-state index contributed by atoms with van der Waals surface area (Å²) in [5.74, 6) is 0. The third-order valence-corrected chi connectivity index (χ3v) is 3.31. The Bertz CT molecular complexity index is 324.